The minimum absolute atomic E-state index is 0.0395. The van der Waals surface area contributed by atoms with Gasteiger partial charge >= 0.3 is 24.3 Å². The Morgan fingerprint density at radius 2 is 1.47 bits per heavy atom. The van der Waals surface area contributed by atoms with Crippen molar-refractivity contribution in [2.45, 2.75) is 43.6 Å². The second-order valence-electron chi connectivity index (χ2n) is 8.49. The van der Waals surface area contributed by atoms with E-state index in [4.69, 9.17) is 24.2 Å². The molecule has 0 aliphatic carbocycles. The van der Waals surface area contributed by atoms with Gasteiger partial charge in [-0.05, 0) is 58.5 Å². The zero-order valence-electron chi connectivity index (χ0n) is 19.7. The number of carboxylic acid groups (broad SMARTS) is 2. The van der Waals surface area contributed by atoms with Crippen LogP contribution < -0.4 is 0 Å². The number of amides is 1. The molecular formula is C21H29F6N3O6. The van der Waals surface area contributed by atoms with Crippen molar-refractivity contribution < 1.29 is 55.4 Å². The van der Waals surface area contributed by atoms with Crippen molar-refractivity contribution in [2.75, 3.05) is 46.8 Å². The van der Waals surface area contributed by atoms with Crippen molar-refractivity contribution in [1.29, 1.82) is 0 Å². The first-order valence-electron chi connectivity index (χ1n) is 10.8. The number of hydrogen-bond donors (Lipinski definition) is 2. The molecule has 0 radical (unpaired) electrons. The van der Waals surface area contributed by atoms with E-state index in [1.165, 1.54) is 19.4 Å². The Hall–Kier alpha value is -2.81. The highest BCUT2D eigenvalue weighted by molar-refractivity contribution is 5.91. The van der Waals surface area contributed by atoms with Crippen LogP contribution in [0, 0.1) is 0 Å². The second-order valence-corrected chi connectivity index (χ2v) is 8.49. The normalized spacial score (nSPS) is 17.8. The molecule has 0 bridgehead atoms. The van der Waals surface area contributed by atoms with Crippen molar-refractivity contribution in [3.05, 3.63) is 24.2 Å². The number of furan rings is 1. The van der Waals surface area contributed by atoms with E-state index in [1.807, 2.05) is 4.90 Å². The van der Waals surface area contributed by atoms with E-state index in [0.717, 1.165) is 39.0 Å². The molecule has 3 rings (SSSR count). The number of carbonyl (C=O) groups is 3. The number of carbonyl (C=O) groups excluding carboxylic acids is 1. The first-order valence-corrected chi connectivity index (χ1v) is 10.8. The first-order chi connectivity index (χ1) is 16.5. The number of hydrogen-bond acceptors (Lipinski definition) is 6. The van der Waals surface area contributed by atoms with Crippen LogP contribution in [0.2, 0.25) is 0 Å². The molecule has 36 heavy (non-hydrogen) atoms. The number of rotatable bonds is 4. The topological polar surface area (TPSA) is 115 Å². The largest absolute Gasteiger partial charge is 0.490 e. The molecule has 2 fully saturated rings. The van der Waals surface area contributed by atoms with Crippen LogP contribution in [0.5, 0.6) is 0 Å². The Kier molecular flexibility index (Phi) is 11.2. The number of halogens is 6. The van der Waals surface area contributed by atoms with E-state index in [-0.39, 0.29) is 5.91 Å². The maximum absolute atomic E-state index is 12.4. The quantitative estimate of drug-likeness (QED) is 0.568. The second kappa shape index (κ2) is 12.9. The maximum Gasteiger partial charge on any atom is 0.490 e. The average molecular weight is 533 g/mol. The summed E-state index contributed by atoms with van der Waals surface area (Å²) < 4.78 is 68.7. The molecular weight excluding hydrogens is 504 g/mol. The number of piperidine rings is 1. The van der Waals surface area contributed by atoms with E-state index in [2.05, 4.69) is 23.9 Å². The van der Waals surface area contributed by atoms with Crippen LogP contribution in [0.15, 0.2) is 22.8 Å². The molecule has 3 heterocycles. The lowest BCUT2D eigenvalue weighted by Gasteiger charge is -2.45. The van der Waals surface area contributed by atoms with Gasteiger partial charge < -0.3 is 24.4 Å². The lowest BCUT2D eigenvalue weighted by atomic mass is 9.85. The van der Waals surface area contributed by atoms with Gasteiger partial charge in [-0.15, -0.1) is 0 Å². The summed E-state index contributed by atoms with van der Waals surface area (Å²) in [5.41, 5.74) is 0.329. The van der Waals surface area contributed by atoms with Gasteiger partial charge in [-0.1, -0.05) is 0 Å². The minimum atomic E-state index is -5.08. The maximum atomic E-state index is 12.4. The van der Waals surface area contributed by atoms with Crippen molar-refractivity contribution in [1.82, 2.24) is 14.7 Å². The molecule has 2 aliphatic heterocycles. The lowest BCUT2D eigenvalue weighted by molar-refractivity contribution is -0.193. The van der Waals surface area contributed by atoms with Crippen LogP contribution in [0.1, 0.15) is 36.2 Å². The fourth-order valence-corrected chi connectivity index (χ4v) is 3.91. The van der Waals surface area contributed by atoms with Crippen LogP contribution in [0.25, 0.3) is 0 Å². The monoisotopic (exact) mass is 533 g/mol. The highest BCUT2D eigenvalue weighted by atomic mass is 19.4. The fourth-order valence-electron chi connectivity index (χ4n) is 3.91. The Labute approximate surface area is 203 Å². The summed E-state index contributed by atoms with van der Waals surface area (Å²) in [5.74, 6) is -5.01. The van der Waals surface area contributed by atoms with Gasteiger partial charge in [0.1, 0.15) is 0 Å². The van der Waals surface area contributed by atoms with Gasteiger partial charge in [-0.3, -0.25) is 9.69 Å². The van der Waals surface area contributed by atoms with E-state index in [9.17, 15) is 31.1 Å². The molecule has 0 unspecified atom stereocenters. The van der Waals surface area contributed by atoms with Gasteiger partial charge in [0.15, 0.2) is 5.76 Å². The molecule has 206 valence electrons. The van der Waals surface area contributed by atoms with Gasteiger partial charge in [0.05, 0.1) is 6.26 Å². The summed E-state index contributed by atoms with van der Waals surface area (Å²) in [6.45, 7) is 5.14. The van der Waals surface area contributed by atoms with Gasteiger partial charge in [0.25, 0.3) is 5.91 Å². The molecule has 0 saturated carbocycles. The number of likely N-dealkylation sites (N-methyl/N-ethyl adjacent to an activating group) is 1. The minimum Gasteiger partial charge on any atom is -0.475 e. The van der Waals surface area contributed by atoms with Crippen molar-refractivity contribution in [3.8, 4) is 0 Å². The van der Waals surface area contributed by atoms with E-state index in [0.29, 0.717) is 11.3 Å². The zero-order chi connectivity index (χ0) is 27.7. The van der Waals surface area contributed by atoms with E-state index in [1.54, 1.807) is 18.4 Å². The third kappa shape index (κ3) is 9.68. The van der Waals surface area contributed by atoms with Crippen LogP contribution in [0.3, 0.4) is 0 Å². The highest BCUT2D eigenvalue weighted by Gasteiger charge is 2.43. The average Bonchev–Trinajstić information content (AvgIpc) is 3.42. The smallest absolute Gasteiger partial charge is 0.475 e. The van der Waals surface area contributed by atoms with Gasteiger partial charge in [-0.25, -0.2) is 9.59 Å². The summed E-state index contributed by atoms with van der Waals surface area (Å²) in [4.78, 5) is 37.0. The van der Waals surface area contributed by atoms with Gasteiger partial charge in [0.2, 0.25) is 0 Å². The van der Waals surface area contributed by atoms with Crippen molar-refractivity contribution in [2.24, 2.45) is 0 Å². The van der Waals surface area contributed by atoms with Crippen LogP contribution in [-0.2, 0) is 9.59 Å². The summed E-state index contributed by atoms with van der Waals surface area (Å²) in [6, 6.07) is 3.53. The molecule has 1 aromatic rings. The van der Waals surface area contributed by atoms with Gasteiger partial charge in [-0.2, -0.15) is 26.3 Å². The summed E-state index contributed by atoms with van der Waals surface area (Å²) in [7, 11) is 4.26. The molecule has 1 aromatic heterocycles. The number of aliphatic carboxylic acids is 2. The van der Waals surface area contributed by atoms with Crippen LogP contribution in [0.4, 0.5) is 26.3 Å². The highest BCUT2D eigenvalue weighted by Crippen LogP contribution is 2.38. The molecule has 0 aromatic carbocycles. The third-order valence-electron chi connectivity index (χ3n) is 5.76. The number of carboxylic acids is 2. The van der Waals surface area contributed by atoms with Crippen LogP contribution >= 0.6 is 0 Å². The molecule has 2 N–H and O–H groups in total. The number of likely N-dealkylation sites (tertiary alicyclic amines) is 2. The van der Waals surface area contributed by atoms with Crippen molar-refractivity contribution in [3.63, 3.8) is 0 Å². The predicted octanol–water partition coefficient (Wildman–Crippen LogP) is 3.18. The number of nitrogens with zero attached hydrogens (tertiary/aromatic N) is 3. The Morgan fingerprint density at radius 3 is 1.86 bits per heavy atom. The van der Waals surface area contributed by atoms with E-state index < -0.39 is 24.3 Å². The third-order valence-corrected chi connectivity index (χ3v) is 5.76. The molecule has 2 saturated heterocycles. The lowest BCUT2D eigenvalue weighted by Crippen LogP contribution is -2.54. The predicted molar refractivity (Wildman–Crippen MR) is 113 cm³/mol. The molecule has 15 heteroatoms. The molecule has 0 atom stereocenters. The van der Waals surface area contributed by atoms with Gasteiger partial charge in [0, 0.05) is 31.7 Å². The first kappa shape index (κ1) is 31.2. The molecule has 1 spiro atoms. The Morgan fingerprint density at radius 1 is 0.972 bits per heavy atom. The fraction of sp³-hybridized carbons (Fsp3) is 0.667. The molecule has 9 nitrogen and oxygen atoms in total. The van der Waals surface area contributed by atoms with Crippen LogP contribution in [-0.4, -0.2) is 107 Å². The summed E-state index contributed by atoms with van der Waals surface area (Å²) >= 11 is 0. The zero-order valence-corrected chi connectivity index (χ0v) is 19.7. The molecule has 2 aliphatic rings. The molecule has 1 amide bonds. The Bertz CT molecular complexity index is 825. The summed E-state index contributed by atoms with van der Waals surface area (Å²) in [6.07, 6.45) is -3.85. The van der Waals surface area contributed by atoms with Crippen molar-refractivity contribution >= 4 is 17.8 Å². The number of alkyl halides is 6. The standard InChI is InChI=1S/C17H27N3O2.2C2HF3O2/c1-18(2)12-13-20-9-4-6-17(20)7-10-19(11-8-17)16(21)15-5-3-14-22-15;2*3-2(4,5)1(6)7/h3,5,14H,4,6-13H2,1-2H3;2*(H,6,7). The van der Waals surface area contributed by atoms with E-state index >= 15 is 0 Å². The summed E-state index contributed by atoms with van der Waals surface area (Å²) in [5, 5.41) is 14.2. The Balaban J connectivity index is 0.000000383. The SMILES string of the molecule is CN(C)CCN1CCCC12CCN(C(=O)c1ccco1)CC2.O=C(O)C(F)(F)F.O=C(O)C(F)(F)F.